The van der Waals surface area contributed by atoms with Crippen LogP contribution in [0.1, 0.15) is 31.7 Å². The van der Waals surface area contributed by atoms with E-state index in [2.05, 4.69) is 10.3 Å². The van der Waals surface area contributed by atoms with Gasteiger partial charge in [-0.3, -0.25) is 9.13 Å². The van der Waals surface area contributed by atoms with E-state index in [4.69, 9.17) is 9.47 Å². The zero-order valence-electron chi connectivity index (χ0n) is 14.6. The number of nitrogens with zero attached hydrogens (tertiary/aromatic N) is 3. The highest BCUT2D eigenvalue weighted by Crippen LogP contribution is 2.35. The second kappa shape index (κ2) is 5.79. The van der Waals surface area contributed by atoms with Gasteiger partial charge in [0.2, 0.25) is 6.79 Å². The van der Waals surface area contributed by atoms with Crippen LogP contribution in [-0.2, 0) is 7.05 Å². The Morgan fingerprint density at radius 2 is 1.92 bits per heavy atom. The molecule has 3 heterocycles. The maximum Gasteiger partial charge on any atom is 0.329 e. The lowest BCUT2D eigenvalue weighted by molar-refractivity contribution is 0.174. The monoisotopic (exact) mass is 352 g/mol. The summed E-state index contributed by atoms with van der Waals surface area (Å²) in [6.07, 6.45) is 6.25. The van der Waals surface area contributed by atoms with Gasteiger partial charge in [0.05, 0.1) is 17.2 Å². The van der Waals surface area contributed by atoms with Gasteiger partial charge in [-0.2, -0.15) is 0 Å². The van der Waals surface area contributed by atoms with Crippen molar-refractivity contribution >= 4 is 22.5 Å². The summed E-state index contributed by atoms with van der Waals surface area (Å²) in [6.45, 7) is 0.251. The fourth-order valence-electron chi connectivity index (χ4n) is 3.96. The molecule has 0 atom stereocenters. The van der Waals surface area contributed by atoms with Crippen LogP contribution in [0, 0.1) is 0 Å². The fraction of sp³-hybridized carbons (Fsp3) is 0.368. The number of ether oxygens (including phenoxy) is 2. The van der Waals surface area contributed by atoms with Crippen molar-refractivity contribution in [2.24, 2.45) is 7.05 Å². The van der Waals surface area contributed by atoms with Crippen molar-refractivity contribution in [3.05, 3.63) is 40.9 Å². The number of hydrogen-bond acceptors (Lipinski definition) is 5. The minimum Gasteiger partial charge on any atom is -0.454 e. The smallest absolute Gasteiger partial charge is 0.329 e. The van der Waals surface area contributed by atoms with Gasteiger partial charge in [0.1, 0.15) is 5.82 Å². The average Bonchev–Trinajstić information content (AvgIpc) is 3.36. The molecule has 0 amide bonds. The number of benzene rings is 1. The van der Waals surface area contributed by atoms with E-state index in [-0.39, 0.29) is 18.5 Å². The van der Waals surface area contributed by atoms with Crippen LogP contribution >= 0.6 is 0 Å². The molecule has 134 valence electrons. The van der Waals surface area contributed by atoms with Crippen LogP contribution in [0.5, 0.6) is 11.5 Å². The van der Waals surface area contributed by atoms with Crippen LogP contribution < -0.4 is 20.5 Å². The molecule has 2 aromatic heterocycles. The van der Waals surface area contributed by atoms with E-state index in [1.54, 1.807) is 10.8 Å². The van der Waals surface area contributed by atoms with Crippen LogP contribution in [0.3, 0.4) is 0 Å². The topological polar surface area (TPSA) is 70.3 Å². The van der Waals surface area contributed by atoms with E-state index in [9.17, 15) is 4.79 Å². The molecule has 1 aliphatic carbocycles. The quantitative estimate of drug-likeness (QED) is 0.783. The molecule has 0 saturated heterocycles. The van der Waals surface area contributed by atoms with E-state index < -0.39 is 0 Å². The van der Waals surface area contributed by atoms with E-state index >= 15 is 0 Å². The van der Waals surface area contributed by atoms with Crippen molar-refractivity contribution in [2.45, 2.75) is 31.7 Å². The highest BCUT2D eigenvalue weighted by molar-refractivity contribution is 5.79. The number of hydrogen-bond donors (Lipinski definition) is 1. The minimum absolute atomic E-state index is 0.0360. The number of nitrogens with one attached hydrogen (secondary N) is 1. The van der Waals surface area contributed by atoms with Crippen LogP contribution in [0.15, 0.2) is 35.3 Å². The first-order chi connectivity index (χ1) is 12.7. The van der Waals surface area contributed by atoms with Crippen LogP contribution in [0.4, 0.5) is 11.5 Å². The lowest BCUT2D eigenvalue weighted by Gasteiger charge is -2.12. The zero-order valence-corrected chi connectivity index (χ0v) is 14.6. The Hall–Kier alpha value is -2.96. The maximum absolute atomic E-state index is 12.7. The van der Waals surface area contributed by atoms with Gasteiger partial charge >= 0.3 is 5.69 Å². The summed E-state index contributed by atoms with van der Waals surface area (Å²) in [5.74, 6) is 2.17. The Morgan fingerprint density at radius 3 is 2.77 bits per heavy atom. The standard InChI is InChI=1S/C19H20N4O3/c1-22-15-10-20-18(21-12-6-7-16-17(8-12)26-11-25-16)9-14(15)23(19(22)24)13-4-2-3-5-13/h6-10,13H,2-5,11H2,1H3,(H,20,21). The number of imidazole rings is 1. The molecule has 1 aromatic carbocycles. The van der Waals surface area contributed by atoms with Gasteiger partial charge in [0.15, 0.2) is 11.5 Å². The molecule has 0 unspecified atom stereocenters. The fourth-order valence-corrected chi connectivity index (χ4v) is 3.96. The highest BCUT2D eigenvalue weighted by Gasteiger charge is 2.23. The van der Waals surface area contributed by atoms with Crippen LogP contribution in [0.2, 0.25) is 0 Å². The molecule has 0 spiro atoms. The third kappa shape index (κ3) is 2.34. The van der Waals surface area contributed by atoms with E-state index in [0.29, 0.717) is 5.82 Å². The average molecular weight is 352 g/mol. The van der Waals surface area contributed by atoms with Gasteiger partial charge in [-0.1, -0.05) is 12.8 Å². The van der Waals surface area contributed by atoms with Crippen molar-refractivity contribution in [2.75, 3.05) is 12.1 Å². The summed E-state index contributed by atoms with van der Waals surface area (Å²) in [4.78, 5) is 17.2. The minimum atomic E-state index is 0.0360. The van der Waals surface area contributed by atoms with E-state index in [0.717, 1.165) is 41.1 Å². The number of pyridine rings is 1. The second-order valence-electron chi connectivity index (χ2n) is 6.90. The highest BCUT2D eigenvalue weighted by atomic mass is 16.7. The second-order valence-corrected chi connectivity index (χ2v) is 6.90. The third-order valence-electron chi connectivity index (χ3n) is 5.31. The molecule has 1 aliphatic heterocycles. The molecule has 1 fully saturated rings. The molecule has 3 aromatic rings. The van der Waals surface area contributed by atoms with Crippen molar-refractivity contribution < 1.29 is 9.47 Å². The Bertz CT molecular complexity index is 1050. The number of aryl methyl sites for hydroxylation is 1. The summed E-state index contributed by atoms with van der Waals surface area (Å²) in [7, 11) is 1.81. The summed E-state index contributed by atoms with van der Waals surface area (Å²) < 4.78 is 14.4. The SMILES string of the molecule is Cn1c(=O)n(C2CCCC2)c2cc(Nc3ccc4c(c3)OCO4)ncc21. The normalized spacial score (nSPS) is 16.5. The Kier molecular flexibility index (Phi) is 3.41. The maximum atomic E-state index is 12.7. The first-order valence-corrected chi connectivity index (χ1v) is 8.94. The Morgan fingerprint density at radius 1 is 1.12 bits per heavy atom. The lowest BCUT2D eigenvalue weighted by atomic mass is 10.2. The van der Waals surface area contributed by atoms with Crippen molar-refractivity contribution in [1.82, 2.24) is 14.1 Å². The summed E-state index contributed by atoms with van der Waals surface area (Å²) in [5.41, 5.74) is 2.70. The van der Waals surface area contributed by atoms with Gasteiger partial charge in [0, 0.05) is 30.9 Å². The molecule has 1 saturated carbocycles. The molecule has 26 heavy (non-hydrogen) atoms. The molecule has 2 aliphatic rings. The van der Waals surface area contributed by atoms with Crippen LogP contribution in [-0.4, -0.2) is 20.9 Å². The van der Waals surface area contributed by atoms with Gasteiger partial charge < -0.3 is 14.8 Å². The predicted octanol–water partition coefficient (Wildman–Crippen LogP) is 3.32. The Balaban J connectivity index is 1.55. The van der Waals surface area contributed by atoms with Gasteiger partial charge in [-0.15, -0.1) is 0 Å². The van der Waals surface area contributed by atoms with Gasteiger partial charge in [-0.25, -0.2) is 9.78 Å². The first-order valence-electron chi connectivity index (χ1n) is 8.94. The molecule has 7 nitrogen and oxygen atoms in total. The molecule has 0 bridgehead atoms. The third-order valence-corrected chi connectivity index (χ3v) is 5.31. The van der Waals surface area contributed by atoms with Gasteiger partial charge in [0.25, 0.3) is 0 Å². The molecule has 7 heteroatoms. The lowest BCUT2D eigenvalue weighted by Crippen LogP contribution is -2.24. The zero-order chi connectivity index (χ0) is 17.7. The molecular formula is C19H20N4O3. The van der Waals surface area contributed by atoms with Crippen LogP contribution in [0.25, 0.3) is 11.0 Å². The Labute approximate surface area is 150 Å². The number of anilines is 2. The molecule has 1 N–H and O–H groups in total. The molecule has 0 radical (unpaired) electrons. The predicted molar refractivity (Wildman–Crippen MR) is 98.3 cm³/mol. The summed E-state index contributed by atoms with van der Waals surface area (Å²) >= 11 is 0. The summed E-state index contributed by atoms with van der Waals surface area (Å²) in [6, 6.07) is 7.93. The largest absolute Gasteiger partial charge is 0.454 e. The van der Waals surface area contributed by atoms with E-state index in [1.165, 1.54) is 12.8 Å². The number of fused-ring (bicyclic) bond motifs is 2. The number of aromatic nitrogens is 3. The van der Waals surface area contributed by atoms with E-state index in [1.807, 2.05) is 35.9 Å². The van der Waals surface area contributed by atoms with Crippen molar-refractivity contribution in [1.29, 1.82) is 0 Å². The molecular weight excluding hydrogens is 332 g/mol. The number of rotatable bonds is 3. The molecule has 5 rings (SSSR count). The summed E-state index contributed by atoms with van der Waals surface area (Å²) in [5, 5.41) is 3.30. The van der Waals surface area contributed by atoms with Crippen molar-refractivity contribution in [3.8, 4) is 11.5 Å². The van der Waals surface area contributed by atoms with Gasteiger partial charge in [-0.05, 0) is 25.0 Å². The van der Waals surface area contributed by atoms with Crippen molar-refractivity contribution in [3.63, 3.8) is 0 Å². The first kappa shape index (κ1) is 15.3.